The molecule has 1 fully saturated rings. The van der Waals surface area contributed by atoms with E-state index in [0.29, 0.717) is 10.6 Å². The Labute approximate surface area is 124 Å². The van der Waals surface area contributed by atoms with E-state index in [0.717, 1.165) is 31.6 Å². The fourth-order valence-electron chi connectivity index (χ4n) is 2.19. The van der Waals surface area contributed by atoms with Crippen molar-refractivity contribution in [3.8, 4) is 0 Å². The van der Waals surface area contributed by atoms with Gasteiger partial charge in [-0.15, -0.1) is 12.4 Å². The molecule has 0 spiro atoms. The lowest BCUT2D eigenvalue weighted by Crippen LogP contribution is -2.26. The Morgan fingerprint density at radius 2 is 2.32 bits per heavy atom. The van der Waals surface area contributed by atoms with Gasteiger partial charge in [0.2, 0.25) is 0 Å². The zero-order valence-corrected chi connectivity index (χ0v) is 12.3. The zero-order chi connectivity index (χ0) is 13.1. The first-order valence-corrected chi connectivity index (χ1v) is 6.32. The van der Waals surface area contributed by atoms with Gasteiger partial charge in [0.05, 0.1) is 12.7 Å². The first kappa shape index (κ1) is 16.2. The summed E-state index contributed by atoms with van der Waals surface area (Å²) in [5, 5.41) is 0.670. The van der Waals surface area contributed by atoms with Crippen LogP contribution in [0.2, 0.25) is 5.02 Å². The number of nitrogens with zero attached hydrogens (tertiary/aromatic N) is 1. The van der Waals surface area contributed by atoms with Crippen LogP contribution in [-0.4, -0.2) is 37.1 Å². The van der Waals surface area contributed by atoms with E-state index in [1.54, 1.807) is 18.2 Å². The molecule has 6 heteroatoms. The molecule has 2 N–H and O–H groups in total. The topological polar surface area (TPSA) is 55.6 Å². The molecule has 1 atom stereocenters. The molecular formula is C13H18Cl2N2O2. The van der Waals surface area contributed by atoms with E-state index < -0.39 is 0 Å². The Balaban J connectivity index is 0.00000180. The van der Waals surface area contributed by atoms with Gasteiger partial charge in [0.1, 0.15) is 0 Å². The Morgan fingerprint density at radius 1 is 1.58 bits per heavy atom. The molecule has 1 aromatic carbocycles. The van der Waals surface area contributed by atoms with Crippen LogP contribution in [0.25, 0.3) is 0 Å². The lowest BCUT2D eigenvalue weighted by molar-refractivity contribution is 0.0600. The number of carbonyl (C=O) groups is 1. The number of ether oxygens (including phenoxy) is 1. The minimum absolute atomic E-state index is 0. The SMILES string of the molecule is COC(=O)c1ccc(Cl)c(CN2CC[C@@H](N)C2)c1.Cl. The van der Waals surface area contributed by atoms with Crippen LogP contribution in [-0.2, 0) is 11.3 Å². The Hall–Kier alpha value is -0.810. The predicted molar refractivity (Wildman–Crippen MR) is 77.9 cm³/mol. The van der Waals surface area contributed by atoms with Crippen molar-refractivity contribution in [2.24, 2.45) is 5.73 Å². The molecule has 2 rings (SSSR count). The van der Waals surface area contributed by atoms with Crippen LogP contribution < -0.4 is 5.73 Å². The molecular weight excluding hydrogens is 287 g/mol. The molecule has 0 radical (unpaired) electrons. The van der Waals surface area contributed by atoms with E-state index in [1.807, 2.05) is 0 Å². The largest absolute Gasteiger partial charge is 0.465 e. The monoisotopic (exact) mass is 304 g/mol. The number of carbonyl (C=O) groups excluding carboxylic acids is 1. The van der Waals surface area contributed by atoms with Crippen molar-refractivity contribution < 1.29 is 9.53 Å². The summed E-state index contributed by atoms with van der Waals surface area (Å²) in [5.74, 6) is -0.342. The second kappa shape index (κ2) is 7.10. The van der Waals surface area contributed by atoms with Crippen LogP contribution in [0.5, 0.6) is 0 Å². The number of hydrogen-bond acceptors (Lipinski definition) is 4. The molecule has 1 aliphatic heterocycles. The van der Waals surface area contributed by atoms with E-state index in [2.05, 4.69) is 4.90 Å². The summed E-state index contributed by atoms with van der Waals surface area (Å²) in [5.41, 5.74) is 7.33. The number of rotatable bonds is 3. The van der Waals surface area contributed by atoms with E-state index in [-0.39, 0.29) is 24.4 Å². The summed E-state index contributed by atoms with van der Waals surface area (Å²) in [6.45, 7) is 2.57. The molecule has 0 bridgehead atoms. The number of likely N-dealkylation sites (tertiary alicyclic amines) is 1. The predicted octanol–water partition coefficient (Wildman–Crippen LogP) is 2.08. The quantitative estimate of drug-likeness (QED) is 0.869. The standard InChI is InChI=1S/C13H17ClN2O2.ClH/c1-18-13(17)9-2-3-12(14)10(6-9)7-16-5-4-11(15)8-16;/h2-3,6,11H,4-5,7-8,15H2,1H3;1H/t11-;/m1./s1. The van der Waals surface area contributed by atoms with Gasteiger partial charge < -0.3 is 10.5 Å². The third-order valence-electron chi connectivity index (χ3n) is 3.17. The summed E-state index contributed by atoms with van der Waals surface area (Å²) in [6, 6.07) is 5.44. The van der Waals surface area contributed by atoms with E-state index in [1.165, 1.54) is 7.11 Å². The second-order valence-electron chi connectivity index (χ2n) is 4.58. The van der Waals surface area contributed by atoms with Crippen molar-refractivity contribution in [2.45, 2.75) is 19.0 Å². The molecule has 0 saturated carbocycles. The van der Waals surface area contributed by atoms with E-state index in [4.69, 9.17) is 22.1 Å². The van der Waals surface area contributed by atoms with Gasteiger partial charge in [0, 0.05) is 30.7 Å². The number of halogens is 2. The minimum atomic E-state index is -0.342. The number of benzene rings is 1. The molecule has 0 aliphatic carbocycles. The average Bonchev–Trinajstić information content (AvgIpc) is 2.76. The smallest absolute Gasteiger partial charge is 0.337 e. The van der Waals surface area contributed by atoms with Crippen molar-refractivity contribution >= 4 is 30.0 Å². The van der Waals surface area contributed by atoms with Crippen LogP contribution in [0.4, 0.5) is 0 Å². The van der Waals surface area contributed by atoms with Crippen LogP contribution in [0.1, 0.15) is 22.3 Å². The van der Waals surface area contributed by atoms with Crippen LogP contribution in [0.3, 0.4) is 0 Å². The van der Waals surface area contributed by atoms with Gasteiger partial charge in [-0.1, -0.05) is 11.6 Å². The molecule has 0 amide bonds. The van der Waals surface area contributed by atoms with E-state index >= 15 is 0 Å². The normalized spacial score (nSPS) is 19.0. The summed E-state index contributed by atoms with van der Waals surface area (Å²) in [7, 11) is 1.37. The van der Waals surface area contributed by atoms with Crippen molar-refractivity contribution in [3.63, 3.8) is 0 Å². The number of nitrogens with two attached hydrogens (primary N) is 1. The molecule has 1 heterocycles. The second-order valence-corrected chi connectivity index (χ2v) is 4.99. The zero-order valence-electron chi connectivity index (χ0n) is 10.8. The first-order chi connectivity index (χ1) is 8.60. The Bertz CT molecular complexity index is 454. The highest BCUT2D eigenvalue weighted by Crippen LogP contribution is 2.21. The molecule has 1 aliphatic rings. The first-order valence-electron chi connectivity index (χ1n) is 5.95. The molecule has 1 aromatic rings. The van der Waals surface area contributed by atoms with Gasteiger partial charge >= 0.3 is 5.97 Å². The van der Waals surface area contributed by atoms with Gasteiger partial charge in [-0.2, -0.15) is 0 Å². The van der Waals surface area contributed by atoms with Crippen molar-refractivity contribution in [1.29, 1.82) is 0 Å². The van der Waals surface area contributed by atoms with E-state index in [9.17, 15) is 4.79 Å². The van der Waals surface area contributed by atoms with Gasteiger partial charge in [0.25, 0.3) is 0 Å². The van der Waals surface area contributed by atoms with Crippen molar-refractivity contribution in [1.82, 2.24) is 4.90 Å². The summed E-state index contributed by atoms with van der Waals surface area (Å²) in [6.07, 6.45) is 1.01. The fraction of sp³-hybridized carbons (Fsp3) is 0.462. The molecule has 0 aromatic heterocycles. The van der Waals surface area contributed by atoms with Crippen molar-refractivity contribution in [3.05, 3.63) is 34.3 Å². The van der Waals surface area contributed by atoms with Gasteiger partial charge in [0.15, 0.2) is 0 Å². The number of esters is 1. The van der Waals surface area contributed by atoms with Gasteiger partial charge in [-0.3, -0.25) is 4.90 Å². The lowest BCUT2D eigenvalue weighted by atomic mass is 10.1. The highest BCUT2D eigenvalue weighted by atomic mass is 35.5. The Kier molecular flexibility index (Phi) is 6.07. The Morgan fingerprint density at radius 3 is 2.89 bits per heavy atom. The summed E-state index contributed by atoms with van der Waals surface area (Å²) in [4.78, 5) is 13.7. The molecule has 19 heavy (non-hydrogen) atoms. The molecule has 4 nitrogen and oxygen atoms in total. The van der Waals surface area contributed by atoms with Crippen LogP contribution in [0, 0.1) is 0 Å². The van der Waals surface area contributed by atoms with Crippen molar-refractivity contribution in [2.75, 3.05) is 20.2 Å². The number of methoxy groups -OCH3 is 1. The maximum atomic E-state index is 11.5. The molecule has 0 unspecified atom stereocenters. The highest BCUT2D eigenvalue weighted by molar-refractivity contribution is 6.31. The minimum Gasteiger partial charge on any atom is -0.465 e. The fourth-order valence-corrected chi connectivity index (χ4v) is 2.37. The summed E-state index contributed by atoms with van der Waals surface area (Å²) >= 11 is 6.15. The lowest BCUT2D eigenvalue weighted by Gasteiger charge is -2.16. The third-order valence-corrected chi connectivity index (χ3v) is 3.54. The highest BCUT2D eigenvalue weighted by Gasteiger charge is 2.20. The molecule has 1 saturated heterocycles. The van der Waals surface area contributed by atoms with Gasteiger partial charge in [-0.05, 0) is 30.2 Å². The average molecular weight is 305 g/mol. The third kappa shape index (κ3) is 4.08. The summed E-state index contributed by atoms with van der Waals surface area (Å²) < 4.78 is 4.70. The maximum Gasteiger partial charge on any atom is 0.337 e. The van der Waals surface area contributed by atoms with Crippen LogP contribution >= 0.6 is 24.0 Å². The maximum absolute atomic E-state index is 11.5. The molecule has 106 valence electrons. The van der Waals surface area contributed by atoms with Crippen LogP contribution in [0.15, 0.2) is 18.2 Å². The number of hydrogen-bond donors (Lipinski definition) is 1. The van der Waals surface area contributed by atoms with Gasteiger partial charge in [-0.25, -0.2) is 4.79 Å².